The Hall–Kier alpha value is -3.63. The maximum Gasteiger partial charge on any atom is 0.303 e. The second kappa shape index (κ2) is 14.1. The van der Waals surface area contributed by atoms with Gasteiger partial charge in [0.2, 0.25) is 12.1 Å². The molecular weight excluding hydrogens is 616 g/mol. The molecule has 9 atom stereocenters. The highest BCUT2D eigenvalue weighted by molar-refractivity contribution is 5.68. The second-order valence-electron chi connectivity index (χ2n) is 14.2. The van der Waals surface area contributed by atoms with Gasteiger partial charge in [-0.05, 0) is 59.7 Å². The van der Waals surface area contributed by atoms with Gasteiger partial charge < -0.3 is 33.2 Å². The van der Waals surface area contributed by atoms with Gasteiger partial charge >= 0.3 is 17.9 Å². The van der Waals surface area contributed by atoms with Gasteiger partial charge in [-0.2, -0.15) is 0 Å². The minimum Gasteiger partial charge on any atom is -0.464 e. The van der Waals surface area contributed by atoms with E-state index in [2.05, 4.69) is 26.8 Å². The first-order valence-corrected chi connectivity index (χ1v) is 17.0. The van der Waals surface area contributed by atoms with Gasteiger partial charge in [0.05, 0.1) is 6.10 Å². The topological polar surface area (TPSA) is 116 Å². The normalized spacial score (nSPS) is 32.4. The molecule has 0 aliphatic carbocycles. The summed E-state index contributed by atoms with van der Waals surface area (Å²) in [4.78, 5) is 35.5. The molecule has 10 heteroatoms. The van der Waals surface area contributed by atoms with Gasteiger partial charge in [0.1, 0.15) is 30.3 Å². The molecule has 3 aliphatic heterocycles. The first-order chi connectivity index (χ1) is 22.6. The van der Waals surface area contributed by atoms with E-state index in [4.69, 9.17) is 33.2 Å². The van der Waals surface area contributed by atoms with Gasteiger partial charge in [0.25, 0.3) is 0 Å². The third-order valence-corrected chi connectivity index (χ3v) is 10.6. The summed E-state index contributed by atoms with van der Waals surface area (Å²) >= 11 is 0. The maximum atomic E-state index is 12.1. The number of fused-ring (bicyclic) bond motifs is 1. The smallest absolute Gasteiger partial charge is 0.303 e. The molecule has 0 amide bonds. The highest BCUT2D eigenvalue weighted by Crippen LogP contribution is 2.48. The van der Waals surface area contributed by atoms with Crippen LogP contribution in [0.1, 0.15) is 80.7 Å². The van der Waals surface area contributed by atoms with Crippen molar-refractivity contribution in [1.82, 2.24) is 0 Å². The molecule has 0 aromatic heterocycles. The third-order valence-electron chi connectivity index (χ3n) is 10.6. The fourth-order valence-corrected chi connectivity index (χ4v) is 7.26. The number of carbonyl (C=O) groups is 3. The second-order valence-corrected chi connectivity index (χ2v) is 14.2. The molecule has 2 saturated heterocycles. The summed E-state index contributed by atoms with van der Waals surface area (Å²) in [5, 5.41) is 0. The Morgan fingerprint density at radius 3 is 2.15 bits per heavy atom. The summed E-state index contributed by atoms with van der Waals surface area (Å²) in [5.41, 5.74) is 2.56. The maximum absolute atomic E-state index is 12.1. The monoisotopic (exact) mass is 666 g/mol. The zero-order valence-corrected chi connectivity index (χ0v) is 29.6. The van der Waals surface area contributed by atoms with Crippen LogP contribution in [0.3, 0.4) is 0 Å². The predicted molar refractivity (Wildman–Crippen MR) is 177 cm³/mol. The van der Waals surface area contributed by atoms with Crippen LogP contribution in [0, 0.1) is 23.2 Å². The molecule has 3 aliphatic rings. The van der Waals surface area contributed by atoms with Crippen LogP contribution in [0.25, 0.3) is 11.1 Å². The number of hydrogen-bond donors (Lipinski definition) is 0. The van der Waals surface area contributed by atoms with Crippen LogP contribution in [0.4, 0.5) is 0 Å². The summed E-state index contributed by atoms with van der Waals surface area (Å²) in [5.74, 6) is -0.723. The number of benzene rings is 2. The van der Waals surface area contributed by atoms with Crippen LogP contribution in [0.15, 0.2) is 42.5 Å². The molecule has 262 valence electrons. The van der Waals surface area contributed by atoms with Gasteiger partial charge in [-0.25, -0.2) is 0 Å². The molecule has 0 unspecified atom stereocenters. The van der Waals surface area contributed by atoms with Crippen LogP contribution < -0.4 is 9.47 Å². The highest BCUT2D eigenvalue weighted by Gasteiger charge is 2.56. The van der Waals surface area contributed by atoms with Gasteiger partial charge in [0.15, 0.2) is 6.10 Å². The number of carbonyl (C=O) groups excluding carboxylic acids is 3. The first-order valence-electron chi connectivity index (χ1n) is 17.0. The van der Waals surface area contributed by atoms with E-state index in [1.807, 2.05) is 57.2 Å². The molecule has 1 spiro atoms. The molecular formula is C38H50O10. The van der Waals surface area contributed by atoms with Gasteiger partial charge in [-0.15, -0.1) is 0 Å². The molecule has 48 heavy (non-hydrogen) atoms. The molecule has 2 fully saturated rings. The van der Waals surface area contributed by atoms with E-state index in [-0.39, 0.29) is 36.4 Å². The molecule has 2 aromatic rings. The van der Waals surface area contributed by atoms with Crippen molar-refractivity contribution in [3.05, 3.63) is 48.0 Å². The minimum atomic E-state index is -1.02. The molecule has 0 radical (unpaired) electrons. The zero-order valence-electron chi connectivity index (χ0n) is 29.6. The molecule has 5 rings (SSSR count). The average molecular weight is 667 g/mol. The number of rotatable bonds is 8. The number of aryl methyl sites for hydroxylation is 1. The lowest BCUT2D eigenvalue weighted by atomic mass is 9.72. The molecule has 0 saturated carbocycles. The van der Waals surface area contributed by atoms with Crippen LogP contribution in [0.2, 0.25) is 0 Å². The van der Waals surface area contributed by atoms with Crippen molar-refractivity contribution >= 4 is 17.9 Å². The van der Waals surface area contributed by atoms with E-state index in [9.17, 15) is 14.4 Å². The van der Waals surface area contributed by atoms with E-state index in [0.717, 1.165) is 35.3 Å². The lowest BCUT2D eigenvalue weighted by molar-refractivity contribution is -0.320. The first kappa shape index (κ1) is 35.7. The van der Waals surface area contributed by atoms with Crippen molar-refractivity contribution in [2.75, 3.05) is 6.61 Å². The Bertz CT molecular complexity index is 1480. The minimum absolute atomic E-state index is 0.0104. The Morgan fingerprint density at radius 1 is 0.854 bits per heavy atom. The standard InChI is InChI=1S/C38H50O10/c1-10-31-21(2)22(3)35(44-26(7)41)38(47-31)18-17-29-19-28(13-16-32(29)48-38)27-11-14-30(15-12-27)45-36-37(8,9)23(4)34(43-25(6)40)33(46-36)20-42-24(5)39/h11-16,19,21-23,31,33-36H,10,17-18,20H2,1-9H3/t21-,22-,23-,31+,33+,34-,35-,36-,38+/m0/s1. The average Bonchev–Trinajstić information content (AvgIpc) is 3.04. The summed E-state index contributed by atoms with van der Waals surface area (Å²) in [6.45, 7) is 16.4. The zero-order chi connectivity index (χ0) is 35.0. The van der Waals surface area contributed by atoms with Crippen molar-refractivity contribution in [1.29, 1.82) is 0 Å². The number of ether oxygens (including phenoxy) is 7. The van der Waals surface area contributed by atoms with Gasteiger partial charge in [0, 0.05) is 44.4 Å². The third kappa shape index (κ3) is 7.20. The highest BCUT2D eigenvalue weighted by atomic mass is 16.7. The van der Waals surface area contributed by atoms with Crippen molar-refractivity contribution in [2.45, 2.75) is 118 Å². The molecule has 10 nitrogen and oxygen atoms in total. The van der Waals surface area contributed by atoms with Crippen molar-refractivity contribution < 1.29 is 47.5 Å². The van der Waals surface area contributed by atoms with Gasteiger partial charge in [-0.1, -0.05) is 59.7 Å². The van der Waals surface area contributed by atoms with Crippen molar-refractivity contribution in [3.63, 3.8) is 0 Å². The Morgan fingerprint density at radius 2 is 1.52 bits per heavy atom. The van der Waals surface area contributed by atoms with Crippen molar-refractivity contribution in [3.8, 4) is 22.6 Å². The lowest BCUT2D eigenvalue weighted by Gasteiger charge is -2.52. The molecule has 0 N–H and O–H groups in total. The van der Waals surface area contributed by atoms with E-state index in [1.165, 1.54) is 20.8 Å². The van der Waals surface area contributed by atoms with Crippen molar-refractivity contribution in [2.24, 2.45) is 23.2 Å². The quantitative estimate of drug-likeness (QED) is 0.224. The van der Waals surface area contributed by atoms with E-state index < -0.39 is 47.7 Å². The number of esters is 3. The Labute approximate surface area is 283 Å². The summed E-state index contributed by atoms with van der Waals surface area (Å²) in [6.07, 6.45) is -0.307. The van der Waals surface area contributed by atoms with Crippen LogP contribution in [-0.4, -0.2) is 61.0 Å². The molecule has 0 bridgehead atoms. The summed E-state index contributed by atoms with van der Waals surface area (Å²) in [7, 11) is 0. The molecule has 3 heterocycles. The molecule has 2 aromatic carbocycles. The van der Waals surface area contributed by atoms with E-state index in [1.54, 1.807) is 0 Å². The van der Waals surface area contributed by atoms with Crippen LogP contribution >= 0.6 is 0 Å². The van der Waals surface area contributed by atoms with Gasteiger partial charge in [-0.3, -0.25) is 14.4 Å². The number of hydrogen-bond acceptors (Lipinski definition) is 10. The SMILES string of the molecule is CC[C@H]1O[C@@]2(CCc3cc(-c4ccc(O[C@H]5O[C@H](COC(C)=O)[C@@H](OC(C)=O)[C@H](C)C5(C)C)cc4)ccc3O2)[C@@H](OC(C)=O)[C@@H](C)[C@@H]1C. The predicted octanol–water partition coefficient (Wildman–Crippen LogP) is 6.65. The van der Waals surface area contributed by atoms with E-state index in [0.29, 0.717) is 12.2 Å². The Kier molecular flexibility index (Phi) is 10.5. The fraction of sp³-hybridized carbons (Fsp3) is 0.605. The fourth-order valence-electron chi connectivity index (χ4n) is 7.26. The summed E-state index contributed by atoms with van der Waals surface area (Å²) in [6, 6.07) is 13.9. The summed E-state index contributed by atoms with van der Waals surface area (Å²) < 4.78 is 42.6. The van der Waals surface area contributed by atoms with Crippen LogP contribution in [-0.2, 0) is 44.5 Å². The lowest BCUT2D eigenvalue weighted by Crippen LogP contribution is -2.63. The van der Waals surface area contributed by atoms with Crippen LogP contribution in [0.5, 0.6) is 11.5 Å². The Balaban J connectivity index is 1.32. The van der Waals surface area contributed by atoms with E-state index >= 15 is 0 Å². The largest absolute Gasteiger partial charge is 0.464 e.